The highest BCUT2D eigenvalue weighted by molar-refractivity contribution is 6.04. The highest BCUT2D eigenvalue weighted by Gasteiger charge is 2.12. The van der Waals surface area contributed by atoms with Crippen molar-refractivity contribution in [3.8, 4) is 11.3 Å². The first-order valence-corrected chi connectivity index (χ1v) is 10.0. The molecule has 0 unspecified atom stereocenters. The van der Waals surface area contributed by atoms with Gasteiger partial charge in [-0.05, 0) is 67.4 Å². The second-order valence-corrected chi connectivity index (χ2v) is 7.53. The molecule has 160 valence electrons. The molecule has 1 amide bonds. The van der Waals surface area contributed by atoms with Crippen LogP contribution in [-0.4, -0.2) is 19.0 Å². The number of anilines is 1. The van der Waals surface area contributed by atoms with Crippen LogP contribution in [0.3, 0.4) is 0 Å². The van der Waals surface area contributed by atoms with Crippen molar-refractivity contribution >= 4 is 28.5 Å². The third kappa shape index (κ3) is 4.16. The van der Waals surface area contributed by atoms with Crippen molar-refractivity contribution in [1.82, 2.24) is 0 Å². The van der Waals surface area contributed by atoms with Gasteiger partial charge in [-0.2, -0.15) is 0 Å². The number of nitrogens with one attached hydrogen (secondary N) is 1. The predicted molar refractivity (Wildman–Crippen MR) is 123 cm³/mol. The van der Waals surface area contributed by atoms with E-state index in [1.807, 2.05) is 26.0 Å². The Labute approximate surface area is 184 Å². The Kier molecular flexibility index (Phi) is 5.60. The fraction of sp³-hybridized carbons (Fsp3) is 0.115. The minimum atomic E-state index is -0.441. The van der Waals surface area contributed by atoms with Crippen molar-refractivity contribution in [2.24, 2.45) is 0 Å². The van der Waals surface area contributed by atoms with Gasteiger partial charge in [0, 0.05) is 22.9 Å². The van der Waals surface area contributed by atoms with Crippen molar-refractivity contribution in [2.75, 3.05) is 12.4 Å². The van der Waals surface area contributed by atoms with E-state index in [0.717, 1.165) is 11.1 Å². The number of amides is 1. The molecule has 32 heavy (non-hydrogen) atoms. The molecule has 0 aliphatic heterocycles. The van der Waals surface area contributed by atoms with Gasteiger partial charge in [-0.25, -0.2) is 4.79 Å². The molecule has 6 heteroatoms. The molecule has 0 aliphatic carbocycles. The summed E-state index contributed by atoms with van der Waals surface area (Å²) in [6, 6.07) is 18.5. The molecule has 1 aromatic heterocycles. The molecule has 0 saturated heterocycles. The van der Waals surface area contributed by atoms with Gasteiger partial charge in [0.1, 0.15) is 11.3 Å². The maximum Gasteiger partial charge on any atom is 0.337 e. The van der Waals surface area contributed by atoms with Crippen LogP contribution < -0.4 is 10.7 Å². The number of fused-ring (bicyclic) bond motifs is 1. The van der Waals surface area contributed by atoms with E-state index >= 15 is 0 Å². The summed E-state index contributed by atoms with van der Waals surface area (Å²) < 4.78 is 10.7. The molecular formula is C26H21NO5. The summed E-state index contributed by atoms with van der Waals surface area (Å²) in [5, 5.41) is 3.34. The number of carbonyl (C=O) groups excluding carboxylic acids is 2. The molecule has 4 rings (SSSR count). The van der Waals surface area contributed by atoms with Crippen LogP contribution in [0.1, 0.15) is 31.8 Å². The van der Waals surface area contributed by atoms with Crippen LogP contribution in [0.2, 0.25) is 0 Å². The van der Waals surface area contributed by atoms with Gasteiger partial charge in [-0.1, -0.05) is 18.2 Å². The zero-order valence-electron chi connectivity index (χ0n) is 17.9. The number of hydrogen-bond donors (Lipinski definition) is 1. The summed E-state index contributed by atoms with van der Waals surface area (Å²) in [7, 11) is 1.31. The number of rotatable bonds is 4. The fourth-order valence-corrected chi connectivity index (χ4v) is 3.55. The number of methoxy groups -OCH3 is 1. The van der Waals surface area contributed by atoms with E-state index < -0.39 is 5.97 Å². The predicted octanol–water partition coefficient (Wildman–Crippen LogP) is 5.12. The zero-order valence-corrected chi connectivity index (χ0v) is 17.9. The van der Waals surface area contributed by atoms with Crippen LogP contribution >= 0.6 is 0 Å². The Balaban J connectivity index is 1.56. The number of hydrogen-bond acceptors (Lipinski definition) is 5. The van der Waals surface area contributed by atoms with E-state index in [0.29, 0.717) is 39.1 Å². The smallest absolute Gasteiger partial charge is 0.337 e. The van der Waals surface area contributed by atoms with Gasteiger partial charge in [-0.15, -0.1) is 0 Å². The van der Waals surface area contributed by atoms with Gasteiger partial charge in [0.2, 0.25) is 0 Å². The van der Waals surface area contributed by atoms with Gasteiger partial charge in [-0.3, -0.25) is 9.59 Å². The first kappa shape index (κ1) is 21.1. The quantitative estimate of drug-likeness (QED) is 0.457. The molecular weight excluding hydrogens is 406 g/mol. The number of aryl methyl sites for hydroxylation is 2. The average Bonchev–Trinajstić information content (AvgIpc) is 2.79. The van der Waals surface area contributed by atoms with E-state index in [-0.39, 0.29) is 11.3 Å². The maximum atomic E-state index is 12.6. The summed E-state index contributed by atoms with van der Waals surface area (Å²) in [5.74, 6) is -0.294. The lowest BCUT2D eigenvalue weighted by molar-refractivity contribution is 0.0600. The number of carbonyl (C=O) groups is 2. The standard InChI is InChI=1S/C26H21NO5/c1-15-12-16(2)24-21(13-15)22(28)14-23(32-24)17-4-6-18(7-5-17)25(29)27-20-10-8-19(9-11-20)26(30)31-3/h4-14H,1-3H3,(H,27,29). The van der Waals surface area contributed by atoms with Crippen LogP contribution in [0.25, 0.3) is 22.3 Å². The maximum absolute atomic E-state index is 12.6. The third-order valence-corrected chi connectivity index (χ3v) is 5.15. The number of esters is 1. The lowest BCUT2D eigenvalue weighted by Gasteiger charge is -2.08. The van der Waals surface area contributed by atoms with E-state index in [4.69, 9.17) is 4.42 Å². The second-order valence-electron chi connectivity index (χ2n) is 7.53. The lowest BCUT2D eigenvalue weighted by atomic mass is 10.1. The highest BCUT2D eigenvalue weighted by atomic mass is 16.5. The molecule has 6 nitrogen and oxygen atoms in total. The van der Waals surface area contributed by atoms with Crippen molar-refractivity contribution in [3.05, 3.63) is 99.2 Å². The van der Waals surface area contributed by atoms with Crippen LogP contribution in [0.4, 0.5) is 5.69 Å². The Bertz CT molecular complexity index is 1380. The molecule has 1 heterocycles. The summed E-state index contributed by atoms with van der Waals surface area (Å²) in [4.78, 5) is 36.7. The normalized spacial score (nSPS) is 10.7. The lowest BCUT2D eigenvalue weighted by Crippen LogP contribution is -2.12. The van der Waals surface area contributed by atoms with Crippen LogP contribution in [-0.2, 0) is 4.74 Å². The number of benzene rings is 3. The van der Waals surface area contributed by atoms with Crippen molar-refractivity contribution in [3.63, 3.8) is 0 Å². The number of ether oxygens (including phenoxy) is 1. The minimum absolute atomic E-state index is 0.106. The molecule has 0 fully saturated rings. The van der Waals surface area contributed by atoms with E-state index in [1.54, 1.807) is 48.5 Å². The van der Waals surface area contributed by atoms with Gasteiger partial charge in [0.05, 0.1) is 18.1 Å². The van der Waals surface area contributed by atoms with E-state index in [2.05, 4.69) is 10.1 Å². The molecule has 0 spiro atoms. The van der Waals surface area contributed by atoms with Crippen LogP contribution in [0.15, 0.2) is 75.9 Å². The first-order valence-electron chi connectivity index (χ1n) is 10.0. The first-order chi connectivity index (χ1) is 15.4. The van der Waals surface area contributed by atoms with Crippen molar-refractivity contribution < 1.29 is 18.7 Å². The van der Waals surface area contributed by atoms with E-state index in [9.17, 15) is 14.4 Å². The monoisotopic (exact) mass is 427 g/mol. The van der Waals surface area contributed by atoms with Gasteiger partial charge < -0.3 is 14.5 Å². The molecule has 0 atom stereocenters. The molecule has 3 aromatic carbocycles. The second kappa shape index (κ2) is 8.51. The van der Waals surface area contributed by atoms with Crippen molar-refractivity contribution in [1.29, 1.82) is 0 Å². The van der Waals surface area contributed by atoms with Crippen LogP contribution in [0, 0.1) is 13.8 Å². The molecule has 0 aliphatic rings. The fourth-order valence-electron chi connectivity index (χ4n) is 3.55. The molecule has 4 aromatic rings. The summed E-state index contributed by atoms with van der Waals surface area (Å²) in [6.45, 7) is 3.85. The zero-order chi connectivity index (χ0) is 22.8. The highest BCUT2D eigenvalue weighted by Crippen LogP contribution is 2.25. The van der Waals surface area contributed by atoms with Gasteiger partial charge in [0.25, 0.3) is 5.91 Å². The van der Waals surface area contributed by atoms with Crippen molar-refractivity contribution in [2.45, 2.75) is 13.8 Å². The average molecular weight is 427 g/mol. The summed E-state index contributed by atoms with van der Waals surface area (Å²) in [5.41, 5.74) is 4.46. The van der Waals surface area contributed by atoms with Gasteiger partial charge in [0.15, 0.2) is 5.43 Å². The Morgan fingerprint density at radius 1 is 0.875 bits per heavy atom. The Morgan fingerprint density at radius 2 is 1.53 bits per heavy atom. The summed E-state index contributed by atoms with van der Waals surface area (Å²) in [6.07, 6.45) is 0. The van der Waals surface area contributed by atoms with Crippen LogP contribution in [0.5, 0.6) is 0 Å². The third-order valence-electron chi connectivity index (χ3n) is 5.15. The minimum Gasteiger partial charge on any atom is -0.465 e. The Hall–Kier alpha value is -4.19. The molecule has 1 N–H and O–H groups in total. The van der Waals surface area contributed by atoms with E-state index in [1.165, 1.54) is 13.2 Å². The van der Waals surface area contributed by atoms with Gasteiger partial charge >= 0.3 is 5.97 Å². The largest absolute Gasteiger partial charge is 0.465 e. The summed E-state index contributed by atoms with van der Waals surface area (Å²) >= 11 is 0. The topological polar surface area (TPSA) is 85.6 Å². The Morgan fingerprint density at radius 3 is 2.19 bits per heavy atom. The molecule has 0 radical (unpaired) electrons. The SMILES string of the molecule is COC(=O)c1ccc(NC(=O)c2ccc(-c3cc(=O)c4cc(C)cc(C)c4o3)cc2)cc1. The molecule has 0 bridgehead atoms. The molecule has 0 saturated carbocycles.